The zero-order chi connectivity index (χ0) is 36.6. The molecule has 0 bridgehead atoms. The van der Waals surface area contributed by atoms with Crippen LogP contribution in [-0.4, -0.2) is 95.8 Å². The third-order valence-electron chi connectivity index (χ3n) is 8.63. The van der Waals surface area contributed by atoms with E-state index in [0.29, 0.717) is 30.2 Å². The lowest BCUT2D eigenvalue weighted by molar-refractivity contribution is -0.00833. The molecule has 12 nitrogen and oxygen atoms in total. The number of carbonyl (C=O) groups is 1. The lowest BCUT2D eigenvalue weighted by atomic mass is 10.0. The maximum Gasteiger partial charge on any atom is 0.261 e. The van der Waals surface area contributed by atoms with E-state index in [2.05, 4.69) is 4.72 Å². The Morgan fingerprint density at radius 2 is 1.68 bits per heavy atom. The average molecular weight is 752 g/mol. The number of amides is 1. The fraction of sp³-hybridized carbons (Fsp3) is 0.457. The molecule has 0 spiro atoms. The molecule has 3 aromatic rings. The SMILES string of the molecule is COc1ccc(S(=O)(=O)N(C)C[C@@H]2OCCCC[C@H](C)Oc3ccc(NS(=O)(=O)c4ccc(Cl)cc4)cc3C(=O)N([C@@H](C)CO)C[C@@H]2C)cc1. The number of sulfonamides is 2. The van der Waals surface area contributed by atoms with Gasteiger partial charge in [0.1, 0.15) is 11.5 Å². The topological polar surface area (TPSA) is 152 Å². The average Bonchev–Trinajstić information content (AvgIpc) is 3.09. The van der Waals surface area contributed by atoms with E-state index in [-0.39, 0.29) is 58.5 Å². The van der Waals surface area contributed by atoms with Crippen molar-refractivity contribution in [1.29, 1.82) is 0 Å². The zero-order valence-corrected chi connectivity index (χ0v) is 31.3. The molecule has 274 valence electrons. The second-order valence-electron chi connectivity index (χ2n) is 12.5. The van der Waals surface area contributed by atoms with Crippen molar-refractivity contribution in [3.05, 3.63) is 77.3 Å². The summed E-state index contributed by atoms with van der Waals surface area (Å²) in [6, 6.07) is 15.7. The quantitative estimate of drug-likeness (QED) is 0.283. The van der Waals surface area contributed by atoms with Crippen LogP contribution in [0.4, 0.5) is 5.69 Å². The number of hydrogen-bond donors (Lipinski definition) is 2. The van der Waals surface area contributed by atoms with E-state index >= 15 is 0 Å². The van der Waals surface area contributed by atoms with Gasteiger partial charge in [-0.3, -0.25) is 9.52 Å². The number of anilines is 1. The molecular formula is C35H46ClN3O9S2. The van der Waals surface area contributed by atoms with Crippen molar-refractivity contribution in [2.24, 2.45) is 5.92 Å². The number of carbonyl (C=O) groups excluding carboxylic acids is 1. The molecule has 0 aromatic heterocycles. The lowest BCUT2D eigenvalue weighted by Crippen LogP contribution is -2.48. The summed E-state index contributed by atoms with van der Waals surface area (Å²) in [5, 5.41) is 10.6. The molecule has 50 heavy (non-hydrogen) atoms. The summed E-state index contributed by atoms with van der Waals surface area (Å²) < 4.78 is 74.9. The maximum atomic E-state index is 14.4. The Kier molecular flexibility index (Phi) is 13.6. The van der Waals surface area contributed by atoms with E-state index in [1.54, 1.807) is 25.1 Å². The van der Waals surface area contributed by atoms with E-state index in [0.717, 1.165) is 6.42 Å². The molecule has 0 radical (unpaired) electrons. The van der Waals surface area contributed by atoms with Gasteiger partial charge in [0, 0.05) is 43.4 Å². The monoisotopic (exact) mass is 751 g/mol. The Morgan fingerprint density at radius 3 is 2.32 bits per heavy atom. The first-order chi connectivity index (χ1) is 23.7. The van der Waals surface area contributed by atoms with E-state index in [4.69, 9.17) is 25.8 Å². The largest absolute Gasteiger partial charge is 0.497 e. The van der Waals surface area contributed by atoms with Crippen LogP contribution in [0.1, 0.15) is 50.4 Å². The predicted molar refractivity (Wildman–Crippen MR) is 192 cm³/mol. The van der Waals surface area contributed by atoms with Crippen LogP contribution in [-0.2, 0) is 24.8 Å². The minimum atomic E-state index is -4.02. The maximum absolute atomic E-state index is 14.4. The van der Waals surface area contributed by atoms with Gasteiger partial charge in [-0.15, -0.1) is 0 Å². The number of hydrogen-bond acceptors (Lipinski definition) is 9. The van der Waals surface area contributed by atoms with E-state index < -0.39 is 38.1 Å². The number of halogens is 1. The fourth-order valence-electron chi connectivity index (χ4n) is 5.56. The van der Waals surface area contributed by atoms with Crippen LogP contribution in [0.15, 0.2) is 76.5 Å². The number of ether oxygens (including phenoxy) is 3. The summed E-state index contributed by atoms with van der Waals surface area (Å²) in [6.45, 7) is 5.57. The van der Waals surface area contributed by atoms with Gasteiger partial charge in [0.25, 0.3) is 15.9 Å². The molecule has 3 aromatic carbocycles. The Morgan fingerprint density at radius 1 is 1.02 bits per heavy atom. The zero-order valence-electron chi connectivity index (χ0n) is 28.9. The van der Waals surface area contributed by atoms with Gasteiger partial charge in [-0.25, -0.2) is 16.8 Å². The van der Waals surface area contributed by atoms with Crippen molar-refractivity contribution in [3.8, 4) is 11.5 Å². The van der Waals surface area contributed by atoms with Gasteiger partial charge >= 0.3 is 0 Å². The van der Waals surface area contributed by atoms with E-state index in [1.165, 1.54) is 71.9 Å². The molecule has 1 heterocycles. The van der Waals surface area contributed by atoms with Crippen LogP contribution in [0.2, 0.25) is 5.02 Å². The molecule has 0 fully saturated rings. The van der Waals surface area contributed by atoms with Crippen LogP contribution < -0.4 is 14.2 Å². The molecule has 1 amide bonds. The highest BCUT2D eigenvalue weighted by atomic mass is 35.5. The lowest BCUT2D eigenvalue weighted by Gasteiger charge is -2.35. The molecule has 2 N–H and O–H groups in total. The molecule has 1 aliphatic heterocycles. The first kappa shape index (κ1) is 39.4. The third kappa shape index (κ3) is 9.89. The number of likely N-dealkylation sites (N-methyl/N-ethyl adjacent to an activating group) is 1. The second-order valence-corrected chi connectivity index (χ2v) is 16.7. The fourth-order valence-corrected chi connectivity index (χ4v) is 7.91. The Hall–Kier alpha value is -3.40. The molecule has 4 atom stereocenters. The van der Waals surface area contributed by atoms with Crippen molar-refractivity contribution in [1.82, 2.24) is 9.21 Å². The van der Waals surface area contributed by atoms with Crippen LogP contribution in [0.5, 0.6) is 11.5 Å². The summed E-state index contributed by atoms with van der Waals surface area (Å²) in [5.41, 5.74) is 0.245. The minimum absolute atomic E-state index is 0.00690. The van der Waals surface area contributed by atoms with Crippen molar-refractivity contribution in [2.45, 2.75) is 68.1 Å². The van der Waals surface area contributed by atoms with E-state index in [1.807, 2.05) is 13.8 Å². The smallest absolute Gasteiger partial charge is 0.261 e. The summed E-state index contributed by atoms with van der Waals surface area (Å²) in [6.07, 6.45) is 1.19. The van der Waals surface area contributed by atoms with Crippen LogP contribution in [0, 0.1) is 5.92 Å². The van der Waals surface area contributed by atoms with Gasteiger partial charge in [-0.1, -0.05) is 18.5 Å². The number of methoxy groups -OCH3 is 1. The van der Waals surface area contributed by atoms with Gasteiger partial charge in [-0.2, -0.15) is 4.31 Å². The molecule has 15 heteroatoms. The minimum Gasteiger partial charge on any atom is -0.497 e. The van der Waals surface area contributed by atoms with Crippen molar-refractivity contribution >= 4 is 43.2 Å². The number of nitrogens with zero attached hydrogens (tertiary/aromatic N) is 2. The number of benzene rings is 3. The van der Waals surface area contributed by atoms with Gasteiger partial charge in [0.2, 0.25) is 10.0 Å². The molecule has 0 saturated carbocycles. The van der Waals surface area contributed by atoms with Crippen LogP contribution >= 0.6 is 11.6 Å². The summed E-state index contributed by atoms with van der Waals surface area (Å²) in [4.78, 5) is 16.0. The Balaban J connectivity index is 1.66. The van der Waals surface area contributed by atoms with Gasteiger partial charge in [-0.05, 0) is 99.8 Å². The molecule has 0 unspecified atom stereocenters. The standard InChI is InChI=1S/C35H46ClN3O9S2/c1-24-21-39(25(2)23-40)35(41)32-20-28(37-49(42,43)30-14-9-27(36)10-15-30)11-18-33(32)48-26(3)8-6-7-19-47-34(24)22-38(4)50(44,45)31-16-12-29(46-5)13-17-31/h9-18,20,24-26,34,37,40H,6-8,19,21-23H2,1-5H3/t24-,25-,26-,34-/m0/s1. The highest BCUT2D eigenvalue weighted by molar-refractivity contribution is 7.92. The van der Waals surface area contributed by atoms with Crippen molar-refractivity contribution < 1.29 is 40.9 Å². The third-order valence-corrected chi connectivity index (χ3v) is 12.1. The van der Waals surface area contributed by atoms with Crippen molar-refractivity contribution in [2.75, 3.05) is 45.2 Å². The normalized spacial score (nSPS) is 20.4. The van der Waals surface area contributed by atoms with Crippen LogP contribution in [0.25, 0.3) is 0 Å². The van der Waals surface area contributed by atoms with Gasteiger partial charge < -0.3 is 24.2 Å². The molecule has 4 rings (SSSR count). The summed E-state index contributed by atoms with van der Waals surface area (Å²) in [7, 11) is -4.92. The number of nitrogens with one attached hydrogen (secondary N) is 1. The van der Waals surface area contributed by atoms with Crippen LogP contribution in [0.3, 0.4) is 0 Å². The second kappa shape index (κ2) is 17.2. The van der Waals surface area contributed by atoms with E-state index in [9.17, 15) is 26.7 Å². The number of aliphatic hydroxyl groups is 1. The highest BCUT2D eigenvalue weighted by Crippen LogP contribution is 2.30. The number of rotatable bonds is 10. The Labute approximate surface area is 300 Å². The van der Waals surface area contributed by atoms with Gasteiger partial charge in [0.15, 0.2) is 0 Å². The molecular weight excluding hydrogens is 706 g/mol. The highest BCUT2D eigenvalue weighted by Gasteiger charge is 2.32. The number of aliphatic hydroxyl groups excluding tert-OH is 1. The van der Waals surface area contributed by atoms with Crippen molar-refractivity contribution in [3.63, 3.8) is 0 Å². The summed E-state index contributed by atoms with van der Waals surface area (Å²) >= 11 is 5.94. The Bertz CT molecular complexity index is 1810. The number of fused-ring (bicyclic) bond motifs is 1. The predicted octanol–water partition coefficient (Wildman–Crippen LogP) is 5.27. The molecule has 0 saturated heterocycles. The molecule has 0 aliphatic carbocycles. The van der Waals surface area contributed by atoms with Gasteiger partial charge in [0.05, 0.1) is 47.3 Å². The molecule has 1 aliphatic rings. The summed E-state index contributed by atoms with van der Waals surface area (Å²) in [5.74, 6) is -0.0814. The first-order valence-corrected chi connectivity index (χ1v) is 19.7. The first-order valence-electron chi connectivity index (χ1n) is 16.4.